The number of amides is 1. The van der Waals surface area contributed by atoms with Gasteiger partial charge in [0, 0.05) is 36.0 Å². The van der Waals surface area contributed by atoms with Gasteiger partial charge < -0.3 is 25.6 Å². The van der Waals surface area contributed by atoms with Gasteiger partial charge in [-0.3, -0.25) is 4.79 Å². The van der Waals surface area contributed by atoms with Crippen LogP contribution in [0.15, 0.2) is 36.4 Å². The highest BCUT2D eigenvalue weighted by Crippen LogP contribution is 2.42. The van der Waals surface area contributed by atoms with Crippen LogP contribution in [0.4, 0.5) is 5.69 Å². The van der Waals surface area contributed by atoms with Crippen molar-refractivity contribution in [2.75, 3.05) is 24.6 Å². The van der Waals surface area contributed by atoms with Crippen LogP contribution in [0.25, 0.3) is 0 Å². The van der Waals surface area contributed by atoms with E-state index in [1.807, 2.05) is 32.0 Å². The molecule has 2 aliphatic rings. The number of aliphatic hydroxyl groups is 2. The van der Waals surface area contributed by atoms with Crippen LogP contribution in [0.3, 0.4) is 0 Å². The molecule has 1 amide bonds. The summed E-state index contributed by atoms with van der Waals surface area (Å²) >= 11 is 6.30. The zero-order valence-electron chi connectivity index (χ0n) is 24.5. The number of unbranched alkanes of at least 4 members (excludes halogenated alkanes) is 1. The predicted molar refractivity (Wildman–Crippen MR) is 162 cm³/mol. The Morgan fingerprint density at radius 1 is 1.05 bits per heavy atom. The molecule has 4 rings (SSSR count). The SMILES string of the molecule is CC.CCCC.CCCc1cc(Cl)ccc1C1COc2ccc(C(N)=O)cc2N(CC2CCC2CC(O)O)C1. The Morgan fingerprint density at radius 2 is 1.74 bits per heavy atom. The molecule has 0 spiro atoms. The van der Waals surface area contributed by atoms with E-state index in [0.29, 0.717) is 24.5 Å². The van der Waals surface area contributed by atoms with Crippen LogP contribution in [0.1, 0.15) is 101 Å². The molecule has 3 atom stereocenters. The minimum absolute atomic E-state index is 0.134. The van der Waals surface area contributed by atoms with E-state index in [1.165, 1.54) is 24.0 Å². The molecule has 4 N–H and O–H groups in total. The first-order valence-electron chi connectivity index (χ1n) is 14.7. The first-order valence-corrected chi connectivity index (χ1v) is 15.1. The van der Waals surface area contributed by atoms with Gasteiger partial charge in [0.2, 0.25) is 5.91 Å². The third-order valence-corrected chi connectivity index (χ3v) is 7.81. The zero-order valence-corrected chi connectivity index (χ0v) is 25.2. The number of carbonyl (C=O) groups is 1. The first kappa shape index (κ1) is 32.9. The lowest BCUT2D eigenvalue weighted by molar-refractivity contribution is -0.0719. The normalized spacial score (nSPS) is 19.8. The lowest BCUT2D eigenvalue weighted by Crippen LogP contribution is -2.41. The van der Waals surface area contributed by atoms with Crippen LogP contribution in [0.5, 0.6) is 5.75 Å². The highest BCUT2D eigenvalue weighted by molar-refractivity contribution is 6.30. The van der Waals surface area contributed by atoms with Crippen molar-refractivity contribution in [1.29, 1.82) is 0 Å². The average Bonchev–Trinajstić information content (AvgIpc) is 3.10. The lowest BCUT2D eigenvalue weighted by atomic mass is 9.71. The van der Waals surface area contributed by atoms with Crippen molar-refractivity contribution in [3.63, 3.8) is 0 Å². The summed E-state index contributed by atoms with van der Waals surface area (Å²) in [7, 11) is 0. The van der Waals surface area contributed by atoms with Crippen LogP contribution in [-0.4, -0.2) is 42.1 Å². The van der Waals surface area contributed by atoms with Crippen molar-refractivity contribution in [2.45, 2.75) is 91.8 Å². The summed E-state index contributed by atoms with van der Waals surface area (Å²) in [6, 6.07) is 11.5. The van der Waals surface area contributed by atoms with Crippen LogP contribution >= 0.6 is 11.6 Å². The van der Waals surface area contributed by atoms with Gasteiger partial charge in [0.05, 0.1) is 12.3 Å². The molecule has 1 saturated carbocycles. The number of carbonyl (C=O) groups excluding carboxylic acids is 1. The molecule has 1 heterocycles. The minimum atomic E-state index is -1.28. The smallest absolute Gasteiger partial charge is 0.248 e. The Kier molecular flexibility index (Phi) is 14.1. The molecule has 1 aliphatic heterocycles. The van der Waals surface area contributed by atoms with E-state index >= 15 is 0 Å². The summed E-state index contributed by atoms with van der Waals surface area (Å²) in [5, 5.41) is 19.7. The molecule has 7 heteroatoms. The number of hydrogen-bond acceptors (Lipinski definition) is 5. The Labute approximate surface area is 240 Å². The van der Waals surface area contributed by atoms with Gasteiger partial charge >= 0.3 is 0 Å². The molecule has 1 aliphatic carbocycles. The summed E-state index contributed by atoms with van der Waals surface area (Å²) in [5.41, 5.74) is 9.37. The van der Waals surface area contributed by atoms with Crippen LogP contribution in [0.2, 0.25) is 5.02 Å². The minimum Gasteiger partial charge on any atom is -0.491 e. The van der Waals surface area contributed by atoms with Crippen molar-refractivity contribution >= 4 is 23.2 Å². The molecule has 2 aromatic carbocycles. The number of halogens is 1. The molecule has 0 radical (unpaired) electrons. The summed E-state index contributed by atoms with van der Waals surface area (Å²) in [6.45, 7) is 12.6. The second-order valence-electron chi connectivity index (χ2n) is 10.4. The van der Waals surface area contributed by atoms with Gasteiger partial charge in [0.15, 0.2) is 6.29 Å². The summed E-state index contributed by atoms with van der Waals surface area (Å²) < 4.78 is 6.26. The van der Waals surface area contributed by atoms with Crippen molar-refractivity contribution < 1.29 is 19.7 Å². The quantitative estimate of drug-likeness (QED) is 0.289. The number of hydrogen-bond donors (Lipinski definition) is 3. The number of primary amides is 1. The highest BCUT2D eigenvalue weighted by Gasteiger charge is 2.35. The molecule has 2 aromatic rings. The number of nitrogens with two attached hydrogens (primary N) is 1. The van der Waals surface area contributed by atoms with E-state index in [2.05, 4.69) is 37.8 Å². The maximum atomic E-state index is 11.9. The predicted octanol–water partition coefficient (Wildman–Crippen LogP) is 6.93. The fourth-order valence-corrected chi connectivity index (χ4v) is 5.40. The second-order valence-corrected chi connectivity index (χ2v) is 10.8. The first-order chi connectivity index (χ1) is 18.8. The highest BCUT2D eigenvalue weighted by atomic mass is 35.5. The van der Waals surface area contributed by atoms with Crippen molar-refractivity contribution in [1.82, 2.24) is 0 Å². The van der Waals surface area contributed by atoms with Gasteiger partial charge in [0.1, 0.15) is 5.75 Å². The molecule has 1 fully saturated rings. The number of ether oxygens (including phenoxy) is 1. The van der Waals surface area contributed by atoms with Crippen LogP contribution < -0.4 is 15.4 Å². The number of anilines is 1. The van der Waals surface area contributed by atoms with Gasteiger partial charge in [-0.1, -0.05) is 71.5 Å². The molecular weight excluding hydrogens is 512 g/mol. The van der Waals surface area contributed by atoms with Gasteiger partial charge in [-0.15, -0.1) is 0 Å². The molecule has 6 nitrogen and oxygen atoms in total. The van der Waals surface area contributed by atoms with E-state index < -0.39 is 12.2 Å². The van der Waals surface area contributed by atoms with Crippen molar-refractivity contribution in [3.05, 3.63) is 58.1 Å². The van der Waals surface area contributed by atoms with Gasteiger partial charge in [-0.05, 0) is 72.6 Å². The largest absolute Gasteiger partial charge is 0.491 e. The number of nitrogens with zero attached hydrogens (tertiary/aromatic N) is 1. The number of fused-ring (bicyclic) bond motifs is 1. The van der Waals surface area contributed by atoms with Gasteiger partial charge in [-0.25, -0.2) is 0 Å². The summed E-state index contributed by atoms with van der Waals surface area (Å²) in [4.78, 5) is 14.2. The topological polar surface area (TPSA) is 96.0 Å². The molecule has 39 heavy (non-hydrogen) atoms. The van der Waals surface area contributed by atoms with Gasteiger partial charge in [-0.2, -0.15) is 0 Å². The van der Waals surface area contributed by atoms with E-state index in [9.17, 15) is 15.0 Å². The van der Waals surface area contributed by atoms with E-state index in [1.54, 1.807) is 6.07 Å². The monoisotopic (exact) mass is 560 g/mol. The molecule has 3 unspecified atom stereocenters. The third kappa shape index (κ3) is 9.40. The Morgan fingerprint density at radius 3 is 2.31 bits per heavy atom. The van der Waals surface area contributed by atoms with E-state index in [4.69, 9.17) is 22.1 Å². The average molecular weight is 561 g/mol. The van der Waals surface area contributed by atoms with E-state index in [-0.39, 0.29) is 11.8 Å². The summed E-state index contributed by atoms with van der Waals surface area (Å²) in [6.07, 6.45) is 5.78. The Hall–Kier alpha value is -2.28. The fraction of sp³-hybridized carbons (Fsp3) is 0.594. The Balaban J connectivity index is 0.000000815. The van der Waals surface area contributed by atoms with Crippen molar-refractivity contribution in [2.24, 2.45) is 17.6 Å². The molecule has 218 valence electrons. The number of rotatable bonds is 9. The third-order valence-electron chi connectivity index (χ3n) is 7.57. The lowest BCUT2D eigenvalue weighted by Gasteiger charge is -2.41. The maximum absolute atomic E-state index is 11.9. The standard InChI is InChI=1S/C26H33ClN2O4.C4H10.C2H6/c1-2-3-17-10-21(27)7-8-22(17)20-14-29(13-19-5-4-16(19)12-25(30)31)23-11-18(26(28)32)6-9-24(23)33-15-20;1-3-4-2;1-2/h6-11,16,19-20,25,30-31H,2-5,12-15H2,1H3,(H2,28,32);3-4H2,1-2H3;1-2H3. The van der Waals surface area contributed by atoms with Gasteiger partial charge in [0.25, 0.3) is 0 Å². The number of aliphatic hydroxyl groups excluding tert-OH is 1. The number of benzene rings is 2. The molecule has 0 aromatic heterocycles. The molecule has 0 saturated heterocycles. The fourth-order valence-electron chi connectivity index (χ4n) is 5.21. The van der Waals surface area contributed by atoms with Crippen molar-refractivity contribution in [3.8, 4) is 5.75 Å². The second kappa shape index (κ2) is 16.7. The maximum Gasteiger partial charge on any atom is 0.248 e. The number of aryl methyl sites for hydroxylation is 1. The Bertz CT molecular complexity index is 1030. The summed E-state index contributed by atoms with van der Waals surface area (Å²) in [5.74, 6) is 1.05. The zero-order chi connectivity index (χ0) is 28.9. The van der Waals surface area contributed by atoms with Crippen LogP contribution in [-0.2, 0) is 6.42 Å². The van der Waals surface area contributed by atoms with E-state index in [0.717, 1.165) is 55.2 Å². The molecule has 0 bridgehead atoms. The molecular formula is C32H49ClN2O4. The van der Waals surface area contributed by atoms with Crippen LogP contribution in [0, 0.1) is 11.8 Å².